The number of aliphatic carboxylic acids is 1. The molecule has 17 heavy (non-hydrogen) atoms. The van der Waals surface area contributed by atoms with E-state index in [-0.39, 0.29) is 11.7 Å². The van der Waals surface area contributed by atoms with Crippen LogP contribution in [0.2, 0.25) is 0 Å². The lowest BCUT2D eigenvalue weighted by Crippen LogP contribution is -2.08. The van der Waals surface area contributed by atoms with Crippen LogP contribution in [0.4, 0.5) is 0 Å². The van der Waals surface area contributed by atoms with Crippen LogP contribution in [0.15, 0.2) is 24.3 Å². The first-order chi connectivity index (χ1) is 8.08. The summed E-state index contributed by atoms with van der Waals surface area (Å²) in [5.74, 6) is -0.576. The van der Waals surface area contributed by atoms with Crippen LogP contribution in [-0.4, -0.2) is 19.8 Å². The maximum absolute atomic E-state index is 11.3. The SMILES string of the molecule is O=C(O)Cc1ccc(C(C2CC2)S(=O)O)cc1. The van der Waals surface area contributed by atoms with Crippen molar-refractivity contribution < 1.29 is 18.7 Å². The lowest BCUT2D eigenvalue weighted by Gasteiger charge is -2.12. The zero-order chi connectivity index (χ0) is 12.4. The molecule has 0 saturated heterocycles. The van der Waals surface area contributed by atoms with Crippen LogP contribution in [0.5, 0.6) is 0 Å². The minimum Gasteiger partial charge on any atom is -0.481 e. The van der Waals surface area contributed by atoms with E-state index in [9.17, 15) is 13.6 Å². The summed E-state index contributed by atoms with van der Waals surface area (Å²) >= 11 is -1.86. The average Bonchev–Trinajstić information content (AvgIpc) is 3.04. The second-order valence-corrected chi connectivity index (χ2v) is 5.41. The van der Waals surface area contributed by atoms with Gasteiger partial charge in [0.1, 0.15) is 0 Å². The van der Waals surface area contributed by atoms with Gasteiger partial charge in [0.05, 0.1) is 11.7 Å². The lowest BCUT2D eigenvalue weighted by atomic mass is 10.0. The third kappa shape index (κ3) is 3.14. The number of benzene rings is 1. The van der Waals surface area contributed by atoms with Gasteiger partial charge in [0.2, 0.25) is 0 Å². The molecule has 2 unspecified atom stereocenters. The van der Waals surface area contributed by atoms with Crippen molar-refractivity contribution in [3.63, 3.8) is 0 Å². The van der Waals surface area contributed by atoms with Gasteiger partial charge in [0, 0.05) is 0 Å². The molecule has 0 heterocycles. The molecular weight excluding hydrogens is 240 g/mol. The second kappa shape index (κ2) is 4.98. The van der Waals surface area contributed by atoms with Gasteiger partial charge < -0.3 is 9.66 Å². The van der Waals surface area contributed by atoms with Crippen molar-refractivity contribution in [1.82, 2.24) is 0 Å². The molecule has 1 aliphatic rings. The van der Waals surface area contributed by atoms with Crippen LogP contribution in [0.3, 0.4) is 0 Å². The number of carbonyl (C=O) groups is 1. The van der Waals surface area contributed by atoms with Crippen LogP contribution >= 0.6 is 0 Å². The van der Waals surface area contributed by atoms with Crippen molar-refractivity contribution in [1.29, 1.82) is 0 Å². The second-order valence-electron chi connectivity index (χ2n) is 4.35. The predicted octanol–water partition coefficient (Wildman–Crippen LogP) is 1.99. The first kappa shape index (κ1) is 12.3. The van der Waals surface area contributed by atoms with Gasteiger partial charge in [-0.05, 0) is 29.9 Å². The molecule has 92 valence electrons. The maximum atomic E-state index is 11.3. The van der Waals surface area contributed by atoms with E-state index in [1.165, 1.54) is 0 Å². The summed E-state index contributed by atoms with van der Waals surface area (Å²) in [4.78, 5) is 10.5. The van der Waals surface area contributed by atoms with E-state index in [4.69, 9.17) is 5.11 Å². The fraction of sp³-hybridized carbons (Fsp3) is 0.417. The molecule has 1 saturated carbocycles. The van der Waals surface area contributed by atoms with E-state index >= 15 is 0 Å². The van der Waals surface area contributed by atoms with Gasteiger partial charge in [0.15, 0.2) is 11.1 Å². The first-order valence-electron chi connectivity index (χ1n) is 5.48. The number of carboxylic acids is 1. The molecule has 0 amide bonds. The van der Waals surface area contributed by atoms with Crippen molar-refractivity contribution in [3.05, 3.63) is 35.4 Å². The molecule has 5 heteroatoms. The molecule has 2 N–H and O–H groups in total. The molecular formula is C12H14O4S. The molecule has 1 aromatic carbocycles. The molecule has 0 aliphatic heterocycles. The highest BCUT2D eigenvalue weighted by Crippen LogP contribution is 2.44. The molecule has 0 radical (unpaired) electrons. The highest BCUT2D eigenvalue weighted by atomic mass is 32.2. The first-order valence-corrected chi connectivity index (χ1v) is 6.65. The van der Waals surface area contributed by atoms with Crippen LogP contribution in [0.25, 0.3) is 0 Å². The summed E-state index contributed by atoms with van der Waals surface area (Å²) in [5.41, 5.74) is 1.53. The van der Waals surface area contributed by atoms with Crippen molar-refractivity contribution in [2.75, 3.05) is 0 Å². The summed E-state index contributed by atoms with van der Waals surface area (Å²) in [7, 11) is 0. The van der Waals surface area contributed by atoms with Gasteiger partial charge >= 0.3 is 5.97 Å². The molecule has 2 rings (SSSR count). The molecule has 1 fully saturated rings. The summed E-state index contributed by atoms with van der Waals surface area (Å²) in [6.07, 6.45) is 1.97. The normalized spacial score (nSPS) is 18.6. The van der Waals surface area contributed by atoms with Crippen LogP contribution in [-0.2, 0) is 22.3 Å². The Morgan fingerprint density at radius 2 is 1.94 bits per heavy atom. The summed E-state index contributed by atoms with van der Waals surface area (Å²) < 4.78 is 20.5. The maximum Gasteiger partial charge on any atom is 0.307 e. The van der Waals surface area contributed by atoms with Crippen molar-refractivity contribution >= 4 is 17.0 Å². The fourth-order valence-electron chi connectivity index (χ4n) is 1.95. The Bertz CT molecular complexity index is 436. The molecule has 4 nitrogen and oxygen atoms in total. The zero-order valence-electron chi connectivity index (χ0n) is 9.20. The Morgan fingerprint density at radius 3 is 2.35 bits per heavy atom. The highest BCUT2D eigenvalue weighted by molar-refractivity contribution is 7.79. The zero-order valence-corrected chi connectivity index (χ0v) is 10.0. The van der Waals surface area contributed by atoms with E-state index in [0.29, 0.717) is 11.5 Å². The monoisotopic (exact) mass is 254 g/mol. The third-order valence-corrected chi connectivity index (χ3v) is 4.02. The minimum atomic E-state index is -1.86. The van der Waals surface area contributed by atoms with E-state index in [1.54, 1.807) is 24.3 Å². The summed E-state index contributed by atoms with van der Waals surface area (Å²) in [5, 5.41) is 8.32. The Hall–Kier alpha value is -1.20. The number of rotatable bonds is 5. The summed E-state index contributed by atoms with van der Waals surface area (Å²) in [6.45, 7) is 0. The van der Waals surface area contributed by atoms with Crippen molar-refractivity contribution in [2.24, 2.45) is 5.92 Å². The van der Waals surface area contributed by atoms with E-state index in [1.807, 2.05) is 0 Å². The van der Waals surface area contributed by atoms with Crippen LogP contribution in [0, 0.1) is 5.92 Å². The largest absolute Gasteiger partial charge is 0.481 e. The Morgan fingerprint density at radius 1 is 1.35 bits per heavy atom. The predicted molar refractivity (Wildman–Crippen MR) is 64.0 cm³/mol. The Kier molecular flexibility index (Phi) is 3.59. The molecule has 1 aromatic rings. The van der Waals surface area contributed by atoms with Gasteiger partial charge in [-0.3, -0.25) is 4.79 Å². The van der Waals surface area contributed by atoms with Crippen molar-refractivity contribution in [2.45, 2.75) is 24.5 Å². The van der Waals surface area contributed by atoms with Crippen LogP contribution in [0.1, 0.15) is 29.2 Å². The summed E-state index contributed by atoms with van der Waals surface area (Å²) in [6, 6.07) is 6.95. The average molecular weight is 254 g/mol. The number of carboxylic acid groups (broad SMARTS) is 1. The van der Waals surface area contributed by atoms with Gasteiger partial charge in [-0.25, -0.2) is 4.21 Å². The smallest absolute Gasteiger partial charge is 0.307 e. The lowest BCUT2D eigenvalue weighted by molar-refractivity contribution is -0.136. The number of hydrogen-bond acceptors (Lipinski definition) is 2. The highest BCUT2D eigenvalue weighted by Gasteiger charge is 2.36. The topological polar surface area (TPSA) is 74.6 Å². The Balaban J connectivity index is 2.15. The molecule has 2 atom stereocenters. The van der Waals surface area contributed by atoms with E-state index < -0.39 is 17.0 Å². The standard InChI is InChI=1S/C12H14O4S/c13-11(14)7-8-1-3-9(4-2-8)12(17(15)16)10-5-6-10/h1-4,10,12H,5-7H2,(H,13,14)(H,15,16). The quantitative estimate of drug-likeness (QED) is 0.788. The van der Waals surface area contributed by atoms with Crippen molar-refractivity contribution in [3.8, 4) is 0 Å². The molecule has 0 bridgehead atoms. The van der Waals surface area contributed by atoms with E-state index in [0.717, 1.165) is 18.4 Å². The Labute approximate surface area is 102 Å². The molecule has 0 spiro atoms. The van der Waals surface area contributed by atoms with Crippen LogP contribution < -0.4 is 0 Å². The van der Waals surface area contributed by atoms with Gasteiger partial charge in [-0.2, -0.15) is 0 Å². The molecule has 1 aliphatic carbocycles. The fourth-order valence-corrected chi connectivity index (χ4v) is 2.94. The van der Waals surface area contributed by atoms with Gasteiger partial charge in [0.25, 0.3) is 0 Å². The third-order valence-electron chi connectivity index (χ3n) is 2.93. The molecule has 0 aromatic heterocycles. The van der Waals surface area contributed by atoms with Gasteiger partial charge in [-0.1, -0.05) is 24.3 Å². The minimum absolute atomic E-state index is 0.0173. The van der Waals surface area contributed by atoms with Gasteiger partial charge in [-0.15, -0.1) is 0 Å². The number of hydrogen-bond donors (Lipinski definition) is 2. The van der Waals surface area contributed by atoms with E-state index in [2.05, 4.69) is 0 Å².